The lowest BCUT2D eigenvalue weighted by Gasteiger charge is -2.35. The normalized spacial score (nSPS) is 22.3. The van der Waals surface area contributed by atoms with Gasteiger partial charge in [-0.25, -0.2) is 9.38 Å². The number of ether oxygens (including phenoxy) is 1. The first-order chi connectivity index (χ1) is 12.7. The Morgan fingerprint density at radius 3 is 2.63 bits per heavy atom. The highest BCUT2D eigenvalue weighted by atomic mass is 19.4. The quantitative estimate of drug-likeness (QED) is 0.611. The van der Waals surface area contributed by atoms with Gasteiger partial charge in [-0.15, -0.1) is 0 Å². The van der Waals surface area contributed by atoms with E-state index in [4.69, 9.17) is 5.73 Å². The molecule has 140 valence electrons. The summed E-state index contributed by atoms with van der Waals surface area (Å²) in [5.74, 6) is 5.02. The average molecular weight is 377 g/mol. The number of pyridine rings is 1. The molecule has 1 aromatic heterocycles. The fourth-order valence-electron chi connectivity index (χ4n) is 2.81. The van der Waals surface area contributed by atoms with Crippen molar-refractivity contribution in [3.63, 3.8) is 0 Å². The fraction of sp³-hybridized carbons (Fsp3) is 0.263. The Morgan fingerprint density at radius 2 is 1.96 bits per heavy atom. The van der Waals surface area contributed by atoms with Crippen molar-refractivity contribution in [3.8, 4) is 11.8 Å². The molecule has 27 heavy (non-hydrogen) atoms. The van der Waals surface area contributed by atoms with E-state index in [1.54, 1.807) is 24.5 Å². The molecular formula is C19H15F4N3O. The smallest absolute Gasteiger partial charge is 0.425 e. The number of hydrogen-bond acceptors (Lipinski definition) is 4. The van der Waals surface area contributed by atoms with Crippen molar-refractivity contribution in [3.05, 3.63) is 65.2 Å². The molecule has 2 atom stereocenters. The van der Waals surface area contributed by atoms with Crippen LogP contribution < -0.4 is 5.73 Å². The van der Waals surface area contributed by atoms with Gasteiger partial charge < -0.3 is 10.5 Å². The van der Waals surface area contributed by atoms with Gasteiger partial charge in [-0.3, -0.25) is 4.98 Å². The van der Waals surface area contributed by atoms with Crippen molar-refractivity contribution in [1.29, 1.82) is 0 Å². The van der Waals surface area contributed by atoms with Gasteiger partial charge in [-0.2, -0.15) is 13.2 Å². The van der Waals surface area contributed by atoms with E-state index in [1.807, 2.05) is 0 Å². The maximum absolute atomic E-state index is 14.4. The highest BCUT2D eigenvalue weighted by molar-refractivity contribution is 5.73. The molecule has 4 nitrogen and oxygen atoms in total. The van der Waals surface area contributed by atoms with Crippen molar-refractivity contribution >= 4 is 6.02 Å². The third kappa shape index (κ3) is 4.19. The zero-order chi connectivity index (χ0) is 19.7. The number of hydrogen-bond donors (Lipinski definition) is 1. The Hall–Kier alpha value is -3.08. The van der Waals surface area contributed by atoms with E-state index < -0.39 is 36.1 Å². The number of nitrogens with two attached hydrogens (primary N) is 1. The van der Waals surface area contributed by atoms with Gasteiger partial charge in [-0.1, -0.05) is 11.8 Å². The average Bonchev–Trinajstić information content (AvgIpc) is 2.60. The van der Waals surface area contributed by atoms with Crippen LogP contribution >= 0.6 is 0 Å². The predicted octanol–water partition coefficient (Wildman–Crippen LogP) is 3.50. The van der Waals surface area contributed by atoms with Crippen molar-refractivity contribution in [2.24, 2.45) is 10.7 Å². The summed E-state index contributed by atoms with van der Waals surface area (Å²) in [5, 5.41) is 0. The molecule has 1 aliphatic heterocycles. The number of nitrogens with zero attached hydrogens (tertiary/aromatic N) is 2. The zero-order valence-corrected chi connectivity index (χ0v) is 14.2. The molecule has 0 aliphatic carbocycles. The second-order valence-electron chi connectivity index (χ2n) is 6.26. The Kier molecular flexibility index (Phi) is 4.79. The molecule has 2 unspecified atom stereocenters. The molecule has 0 spiro atoms. The molecule has 2 aromatic rings. The molecule has 2 heterocycles. The molecule has 2 N–H and O–H groups in total. The van der Waals surface area contributed by atoms with Crippen LogP contribution in [0.1, 0.15) is 30.0 Å². The number of amidine groups is 1. The fourth-order valence-corrected chi connectivity index (χ4v) is 2.81. The standard InChI is InChI=1S/C19H15F4N3O/c1-18(10-16(19(21,22)23)27-17(24)26-18)14-9-12(6-7-15(14)20)4-5-13-3-2-8-25-11-13/h2-3,6-9,11,16H,10H2,1H3,(H2,24,26). The Bertz CT molecular complexity index is 931. The van der Waals surface area contributed by atoms with Gasteiger partial charge >= 0.3 is 6.18 Å². The molecule has 0 radical (unpaired) electrons. The highest BCUT2D eigenvalue weighted by Crippen LogP contribution is 2.40. The van der Waals surface area contributed by atoms with E-state index in [1.165, 1.54) is 19.1 Å². The molecule has 0 amide bonds. The summed E-state index contributed by atoms with van der Waals surface area (Å²) in [4.78, 5) is 7.88. The Labute approximate surface area is 153 Å². The van der Waals surface area contributed by atoms with Gasteiger partial charge in [0.25, 0.3) is 6.02 Å². The summed E-state index contributed by atoms with van der Waals surface area (Å²) < 4.78 is 58.3. The van der Waals surface area contributed by atoms with Crippen LogP contribution in [0.2, 0.25) is 0 Å². The summed E-state index contributed by atoms with van der Waals surface area (Å²) in [7, 11) is 0. The summed E-state index contributed by atoms with van der Waals surface area (Å²) in [6.07, 6.45) is -4.23. The van der Waals surface area contributed by atoms with Crippen molar-refractivity contribution < 1.29 is 22.3 Å². The summed E-state index contributed by atoms with van der Waals surface area (Å²) >= 11 is 0. The monoisotopic (exact) mass is 377 g/mol. The van der Waals surface area contributed by atoms with Gasteiger partial charge in [0.05, 0.1) is 5.54 Å². The predicted molar refractivity (Wildman–Crippen MR) is 91.1 cm³/mol. The largest absolute Gasteiger partial charge is 0.452 e. The number of benzene rings is 1. The molecule has 1 aromatic carbocycles. The molecular weight excluding hydrogens is 362 g/mol. The number of aliphatic imine (C=N–C) groups is 1. The maximum Gasteiger partial charge on any atom is 0.425 e. The SMILES string of the molecule is CC1(c2cc(C#Cc3cccnc3)ccc2F)CC(C(F)(F)F)OC(N)=N1. The van der Waals surface area contributed by atoms with E-state index in [9.17, 15) is 17.6 Å². The highest BCUT2D eigenvalue weighted by Gasteiger charge is 2.50. The number of alkyl halides is 3. The molecule has 8 heteroatoms. The lowest BCUT2D eigenvalue weighted by molar-refractivity contribution is -0.208. The van der Waals surface area contributed by atoms with Crippen LogP contribution in [0, 0.1) is 17.7 Å². The summed E-state index contributed by atoms with van der Waals surface area (Å²) in [6.45, 7) is 1.39. The number of halogens is 4. The maximum atomic E-state index is 14.4. The first kappa shape index (κ1) is 18.7. The second kappa shape index (κ2) is 6.91. The van der Waals surface area contributed by atoms with Gasteiger partial charge in [0.2, 0.25) is 0 Å². The topological polar surface area (TPSA) is 60.5 Å². The minimum atomic E-state index is -4.64. The summed E-state index contributed by atoms with van der Waals surface area (Å²) in [5.41, 5.74) is 4.96. The second-order valence-corrected chi connectivity index (χ2v) is 6.26. The minimum absolute atomic E-state index is 0.0269. The van der Waals surface area contributed by atoms with E-state index in [-0.39, 0.29) is 5.56 Å². The van der Waals surface area contributed by atoms with Crippen LogP contribution in [0.5, 0.6) is 0 Å². The minimum Gasteiger partial charge on any atom is -0.452 e. The van der Waals surface area contributed by atoms with Crippen LogP contribution in [-0.4, -0.2) is 23.3 Å². The van der Waals surface area contributed by atoms with Gasteiger partial charge in [0.1, 0.15) is 5.82 Å². The van der Waals surface area contributed by atoms with Gasteiger partial charge in [-0.05, 0) is 37.3 Å². The van der Waals surface area contributed by atoms with Crippen LogP contribution in [-0.2, 0) is 10.3 Å². The molecule has 0 bridgehead atoms. The lowest BCUT2D eigenvalue weighted by atomic mass is 9.84. The molecule has 1 aliphatic rings. The van der Waals surface area contributed by atoms with Crippen LogP contribution in [0.25, 0.3) is 0 Å². The van der Waals surface area contributed by atoms with Crippen LogP contribution in [0.15, 0.2) is 47.7 Å². The Morgan fingerprint density at radius 1 is 1.22 bits per heavy atom. The van der Waals surface area contributed by atoms with Crippen LogP contribution in [0.3, 0.4) is 0 Å². The zero-order valence-electron chi connectivity index (χ0n) is 14.2. The lowest BCUT2D eigenvalue weighted by Crippen LogP contribution is -2.46. The van der Waals surface area contributed by atoms with E-state index >= 15 is 0 Å². The van der Waals surface area contributed by atoms with Gasteiger partial charge in [0, 0.05) is 35.5 Å². The van der Waals surface area contributed by atoms with E-state index in [2.05, 4.69) is 26.6 Å². The number of rotatable bonds is 1. The first-order valence-electron chi connectivity index (χ1n) is 7.98. The van der Waals surface area contributed by atoms with Gasteiger partial charge in [0.15, 0.2) is 6.10 Å². The molecule has 0 saturated heterocycles. The molecule has 0 fully saturated rings. The van der Waals surface area contributed by atoms with Crippen molar-refractivity contribution in [2.75, 3.05) is 0 Å². The first-order valence-corrected chi connectivity index (χ1v) is 7.98. The van der Waals surface area contributed by atoms with E-state index in [0.717, 1.165) is 6.07 Å². The third-order valence-electron chi connectivity index (χ3n) is 4.13. The molecule has 0 saturated carbocycles. The summed E-state index contributed by atoms with van der Waals surface area (Å²) in [6, 6.07) is 6.82. The van der Waals surface area contributed by atoms with Crippen molar-refractivity contribution in [1.82, 2.24) is 4.98 Å². The molecule has 3 rings (SSSR count). The van der Waals surface area contributed by atoms with Crippen LogP contribution in [0.4, 0.5) is 17.6 Å². The third-order valence-corrected chi connectivity index (χ3v) is 4.13. The Balaban J connectivity index is 1.99. The van der Waals surface area contributed by atoms with Crippen molar-refractivity contribution in [2.45, 2.75) is 31.2 Å². The number of aromatic nitrogens is 1. The van der Waals surface area contributed by atoms with E-state index in [0.29, 0.717) is 11.1 Å².